The predicted molar refractivity (Wildman–Crippen MR) is 77.6 cm³/mol. The Bertz CT molecular complexity index is 545. The smallest absolute Gasteiger partial charge is 0.244 e. The summed E-state index contributed by atoms with van der Waals surface area (Å²) in [5, 5.41) is 6.09. The fourth-order valence-electron chi connectivity index (χ4n) is 2.60. The number of rotatable bonds is 3. The molecule has 0 bridgehead atoms. The van der Waals surface area contributed by atoms with Crippen molar-refractivity contribution >= 4 is 11.3 Å². The topological polar surface area (TPSA) is 51.4 Å². The fourth-order valence-corrected chi connectivity index (χ4v) is 3.25. The number of ether oxygens (including phenoxy) is 1. The quantitative estimate of drug-likeness (QED) is 0.871. The van der Waals surface area contributed by atoms with Crippen LogP contribution >= 0.6 is 11.3 Å². The summed E-state index contributed by atoms with van der Waals surface area (Å²) in [5.74, 6) is 1.35. The lowest BCUT2D eigenvalue weighted by Crippen LogP contribution is -2.46. The lowest BCUT2D eigenvalue weighted by atomic mass is 10.2. The molecule has 0 amide bonds. The summed E-state index contributed by atoms with van der Waals surface area (Å²) >= 11 is 1.62. The van der Waals surface area contributed by atoms with Crippen molar-refractivity contribution in [1.29, 1.82) is 0 Å². The highest BCUT2D eigenvalue weighted by Gasteiger charge is 2.29. The van der Waals surface area contributed by atoms with Crippen LogP contribution in [0.25, 0.3) is 10.7 Å². The van der Waals surface area contributed by atoms with E-state index in [9.17, 15) is 0 Å². The molecule has 0 spiro atoms. The number of aromatic nitrogens is 2. The number of thiophene rings is 1. The second-order valence-corrected chi connectivity index (χ2v) is 6.27. The van der Waals surface area contributed by atoms with Gasteiger partial charge in [0.05, 0.1) is 23.1 Å². The van der Waals surface area contributed by atoms with Gasteiger partial charge >= 0.3 is 0 Å². The molecule has 20 heavy (non-hydrogen) atoms. The van der Waals surface area contributed by atoms with Gasteiger partial charge in [-0.3, -0.25) is 4.90 Å². The van der Waals surface area contributed by atoms with Crippen LogP contribution in [0.5, 0.6) is 0 Å². The Hall–Kier alpha value is -1.24. The highest BCUT2D eigenvalue weighted by atomic mass is 32.1. The Balaban J connectivity index is 1.75. The molecule has 1 fully saturated rings. The van der Waals surface area contributed by atoms with Gasteiger partial charge in [0.1, 0.15) is 0 Å². The van der Waals surface area contributed by atoms with E-state index in [1.807, 2.05) is 17.5 Å². The fraction of sp³-hybridized carbons (Fsp3) is 0.571. The molecular weight excluding hydrogens is 274 g/mol. The van der Waals surface area contributed by atoms with Gasteiger partial charge in [0.25, 0.3) is 0 Å². The minimum absolute atomic E-state index is 0.116. The summed E-state index contributed by atoms with van der Waals surface area (Å²) in [4.78, 5) is 7.90. The van der Waals surface area contributed by atoms with Crippen molar-refractivity contribution in [3.63, 3.8) is 0 Å². The van der Waals surface area contributed by atoms with E-state index in [-0.39, 0.29) is 18.2 Å². The van der Waals surface area contributed by atoms with E-state index in [0.29, 0.717) is 11.7 Å². The number of hydrogen-bond acceptors (Lipinski definition) is 6. The Morgan fingerprint density at radius 1 is 1.35 bits per heavy atom. The summed E-state index contributed by atoms with van der Waals surface area (Å²) in [6.07, 6.45) is 0.474. The van der Waals surface area contributed by atoms with Gasteiger partial charge in [-0.25, -0.2) is 0 Å². The van der Waals surface area contributed by atoms with E-state index in [0.717, 1.165) is 18.0 Å². The summed E-state index contributed by atoms with van der Waals surface area (Å²) in [6, 6.07) is 4.11. The van der Waals surface area contributed by atoms with Gasteiger partial charge in [0, 0.05) is 13.1 Å². The van der Waals surface area contributed by atoms with E-state index >= 15 is 0 Å². The van der Waals surface area contributed by atoms with Crippen LogP contribution < -0.4 is 0 Å². The highest BCUT2D eigenvalue weighted by molar-refractivity contribution is 7.13. The molecule has 1 aliphatic heterocycles. The first kappa shape index (κ1) is 13.7. The van der Waals surface area contributed by atoms with E-state index < -0.39 is 0 Å². The van der Waals surface area contributed by atoms with Gasteiger partial charge in [0.2, 0.25) is 11.7 Å². The van der Waals surface area contributed by atoms with Crippen LogP contribution in [0.4, 0.5) is 0 Å². The Labute approximate surface area is 122 Å². The molecule has 2 aromatic heterocycles. The van der Waals surface area contributed by atoms with Crippen LogP contribution in [-0.2, 0) is 4.74 Å². The molecule has 0 saturated carbocycles. The molecule has 0 radical (unpaired) electrons. The van der Waals surface area contributed by atoms with Gasteiger partial charge in [-0.2, -0.15) is 4.98 Å². The zero-order valence-corrected chi connectivity index (χ0v) is 12.8. The highest BCUT2D eigenvalue weighted by Crippen LogP contribution is 2.27. The molecular formula is C14H19N3O2S. The standard InChI is InChI=1S/C14H19N3O2S/c1-9-7-17(8-10(2)18-9)11(3)14-15-13(16-19-14)12-5-4-6-20-12/h4-6,9-11H,7-8H2,1-3H3/t9-,10-,11+/m1/s1. The summed E-state index contributed by atoms with van der Waals surface area (Å²) in [5.41, 5.74) is 0. The van der Waals surface area contributed by atoms with Crippen molar-refractivity contribution in [3.05, 3.63) is 23.4 Å². The van der Waals surface area contributed by atoms with Gasteiger partial charge in [0.15, 0.2) is 0 Å². The maximum absolute atomic E-state index is 5.76. The van der Waals surface area contributed by atoms with Crippen molar-refractivity contribution < 1.29 is 9.26 Å². The van der Waals surface area contributed by atoms with E-state index in [4.69, 9.17) is 9.26 Å². The molecule has 1 aliphatic rings. The summed E-state index contributed by atoms with van der Waals surface area (Å²) in [7, 11) is 0. The second kappa shape index (κ2) is 5.63. The molecule has 3 rings (SSSR count). The SMILES string of the molecule is C[C@@H]1CN([C@@H](C)c2nc(-c3cccs3)no2)C[C@@H](C)O1. The van der Waals surface area contributed by atoms with Crippen LogP contribution in [-0.4, -0.2) is 40.3 Å². The van der Waals surface area contributed by atoms with Gasteiger partial charge in [-0.15, -0.1) is 11.3 Å². The van der Waals surface area contributed by atoms with Crippen molar-refractivity contribution in [2.75, 3.05) is 13.1 Å². The van der Waals surface area contributed by atoms with E-state index in [1.165, 1.54) is 0 Å². The monoisotopic (exact) mass is 293 g/mol. The molecule has 1 saturated heterocycles. The molecule has 108 valence electrons. The van der Waals surface area contributed by atoms with Crippen LogP contribution in [0, 0.1) is 0 Å². The number of morpholine rings is 1. The van der Waals surface area contributed by atoms with Gasteiger partial charge in [-0.05, 0) is 32.2 Å². The lowest BCUT2D eigenvalue weighted by Gasteiger charge is -2.37. The molecule has 2 aromatic rings. The van der Waals surface area contributed by atoms with Crippen molar-refractivity contribution in [2.24, 2.45) is 0 Å². The van der Waals surface area contributed by atoms with Crippen LogP contribution in [0.2, 0.25) is 0 Å². The Morgan fingerprint density at radius 3 is 2.75 bits per heavy atom. The Morgan fingerprint density at radius 2 is 2.10 bits per heavy atom. The minimum atomic E-state index is 0.116. The zero-order chi connectivity index (χ0) is 14.1. The largest absolute Gasteiger partial charge is 0.373 e. The number of nitrogens with zero attached hydrogens (tertiary/aromatic N) is 3. The van der Waals surface area contributed by atoms with Gasteiger partial charge in [-0.1, -0.05) is 11.2 Å². The summed E-state index contributed by atoms with van der Waals surface area (Å²) < 4.78 is 11.2. The second-order valence-electron chi connectivity index (χ2n) is 5.32. The van der Waals surface area contributed by atoms with E-state index in [1.54, 1.807) is 11.3 Å². The maximum Gasteiger partial charge on any atom is 0.244 e. The molecule has 0 unspecified atom stereocenters. The molecule has 3 heterocycles. The third-order valence-corrected chi connectivity index (χ3v) is 4.40. The maximum atomic E-state index is 5.76. The third-order valence-electron chi connectivity index (χ3n) is 3.54. The predicted octanol–water partition coefficient (Wildman–Crippen LogP) is 2.97. The van der Waals surface area contributed by atoms with E-state index in [2.05, 4.69) is 35.8 Å². The van der Waals surface area contributed by atoms with Crippen molar-refractivity contribution in [3.8, 4) is 10.7 Å². The molecule has 0 N–H and O–H groups in total. The molecule has 0 aliphatic carbocycles. The van der Waals surface area contributed by atoms with Crippen LogP contribution in [0.15, 0.2) is 22.0 Å². The normalized spacial score (nSPS) is 25.8. The lowest BCUT2D eigenvalue weighted by molar-refractivity contribution is -0.0818. The van der Waals surface area contributed by atoms with Gasteiger partial charge < -0.3 is 9.26 Å². The van der Waals surface area contributed by atoms with Crippen LogP contribution in [0.1, 0.15) is 32.7 Å². The molecule has 0 aromatic carbocycles. The number of hydrogen-bond donors (Lipinski definition) is 0. The molecule has 6 heteroatoms. The van der Waals surface area contributed by atoms with Crippen LogP contribution in [0.3, 0.4) is 0 Å². The average Bonchev–Trinajstić information content (AvgIpc) is 3.07. The Kier molecular flexibility index (Phi) is 3.87. The zero-order valence-electron chi connectivity index (χ0n) is 11.9. The first-order valence-corrected chi connectivity index (χ1v) is 7.78. The molecule has 3 atom stereocenters. The first-order valence-electron chi connectivity index (χ1n) is 6.90. The minimum Gasteiger partial charge on any atom is -0.373 e. The third kappa shape index (κ3) is 2.77. The molecule has 5 nitrogen and oxygen atoms in total. The van der Waals surface area contributed by atoms with Crippen molar-refractivity contribution in [1.82, 2.24) is 15.0 Å². The summed E-state index contributed by atoms with van der Waals surface area (Å²) in [6.45, 7) is 8.08. The average molecular weight is 293 g/mol. The van der Waals surface area contributed by atoms with Crippen molar-refractivity contribution in [2.45, 2.75) is 39.0 Å². The first-order chi connectivity index (χ1) is 9.63.